The summed E-state index contributed by atoms with van der Waals surface area (Å²) in [6, 6.07) is 12.0. The van der Waals surface area contributed by atoms with E-state index >= 15 is 0 Å². The highest BCUT2D eigenvalue weighted by atomic mass is 79.9. The molecule has 2 aromatic rings. The molecule has 0 fully saturated rings. The quantitative estimate of drug-likeness (QED) is 0.857. The summed E-state index contributed by atoms with van der Waals surface area (Å²) in [5.41, 5.74) is 0.383. The minimum atomic E-state index is -1.08. The van der Waals surface area contributed by atoms with Crippen LogP contribution in [0.5, 0.6) is 0 Å². The van der Waals surface area contributed by atoms with Gasteiger partial charge in [-0.3, -0.25) is 0 Å². The molecule has 0 radical (unpaired) electrons. The van der Waals surface area contributed by atoms with E-state index in [1.807, 2.05) is 24.3 Å². The highest BCUT2D eigenvalue weighted by molar-refractivity contribution is 9.10. The van der Waals surface area contributed by atoms with E-state index in [2.05, 4.69) is 15.9 Å². The molecule has 0 aliphatic heterocycles. The predicted octanol–water partition coefficient (Wildman–Crippen LogP) is 4.69. The van der Waals surface area contributed by atoms with Gasteiger partial charge in [0.25, 0.3) is 0 Å². The molecule has 0 aromatic heterocycles. The van der Waals surface area contributed by atoms with Gasteiger partial charge in [-0.1, -0.05) is 51.8 Å². The normalized spacial score (nSPS) is 14.2. The molecule has 0 bridgehead atoms. The summed E-state index contributed by atoms with van der Waals surface area (Å²) in [6.07, 6.45) is 0.309. The number of benzene rings is 2. The van der Waals surface area contributed by atoms with Crippen LogP contribution in [0.3, 0.4) is 0 Å². The van der Waals surface area contributed by atoms with Gasteiger partial charge in [-0.2, -0.15) is 0 Å². The summed E-state index contributed by atoms with van der Waals surface area (Å²) in [4.78, 5) is 0. The van der Waals surface area contributed by atoms with Crippen LogP contribution in [0.15, 0.2) is 46.9 Å². The molecule has 0 spiro atoms. The van der Waals surface area contributed by atoms with E-state index < -0.39 is 11.4 Å². The Morgan fingerprint density at radius 2 is 1.95 bits per heavy atom. The van der Waals surface area contributed by atoms with E-state index in [9.17, 15) is 9.50 Å². The fraction of sp³-hybridized carbons (Fsp3) is 0.200. The third-order valence-corrected chi connectivity index (χ3v) is 3.98. The number of aliphatic hydroxyl groups is 1. The Balaban J connectivity index is 2.31. The van der Waals surface area contributed by atoms with E-state index in [1.165, 1.54) is 12.1 Å². The summed E-state index contributed by atoms with van der Waals surface area (Å²) in [6.45, 7) is 1.71. The Morgan fingerprint density at radius 1 is 1.26 bits per heavy atom. The molecule has 1 atom stereocenters. The lowest BCUT2D eigenvalue weighted by molar-refractivity contribution is 0.0568. The van der Waals surface area contributed by atoms with Gasteiger partial charge >= 0.3 is 0 Å². The van der Waals surface area contributed by atoms with Crippen LogP contribution in [0.1, 0.15) is 18.1 Å². The molecule has 0 saturated heterocycles. The number of halogens is 3. The Labute approximate surface area is 125 Å². The van der Waals surface area contributed by atoms with Crippen LogP contribution in [-0.2, 0) is 12.0 Å². The largest absolute Gasteiger partial charge is 0.385 e. The molecule has 19 heavy (non-hydrogen) atoms. The van der Waals surface area contributed by atoms with Crippen LogP contribution in [0.25, 0.3) is 0 Å². The van der Waals surface area contributed by atoms with Gasteiger partial charge in [-0.15, -0.1) is 0 Å². The predicted molar refractivity (Wildman–Crippen MR) is 78.8 cm³/mol. The van der Waals surface area contributed by atoms with Crippen molar-refractivity contribution >= 4 is 27.5 Å². The van der Waals surface area contributed by atoms with Crippen molar-refractivity contribution < 1.29 is 9.50 Å². The van der Waals surface area contributed by atoms with Crippen molar-refractivity contribution in [2.75, 3.05) is 0 Å². The first-order valence-electron chi connectivity index (χ1n) is 5.81. The molecule has 4 heteroatoms. The molecule has 0 heterocycles. The van der Waals surface area contributed by atoms with Gasteiger partial charge < -0.3 is 5.11 Å². The standard InChI is InChI=1S/C15H13BrClFO/c1-15(19,11-4-2-3-5-12(11)16)9-10-6-7-13(17)14(18)8-10/h2-8,19H,9H2,1H3. The smallest absolute Gasteiger partial charge is 0.142 e. The fourth-order valence-electron chi connectivity index (χ4n) is 2.04. The van der Waals surface area contributed by atoms with Crippen LogP contribution in [0, 0.1) is 5.82 Å². The Kier molecular flexibility index (Phi) is 4.29. The number of rotatable bonds is 3. The molecular weight excluding hydrogens is 331 g/mol. The van der Waals surface area contributed by atoms with Gasteiger partial charge in [-0.05, 0) is 36.2 Å². The molecule has 0 amide bonds. The molecule has 2 aromatic carbocycles. The molecule has 1 unspecified atom stereocenters. The molecule has 1 nitrogen and oxygen atoms in total. The molecule has 0 aliphatic rings. The van der Waals surface area contributed by atoms with Gasteiger partial charge in [-0.25, -0.2) is 4.39 Å². The first kappa shape index (κ1) is 14.5. The van der Waals surface area contributed by atoms with E-state index in [4.69, 9.17) is 11.6 Å². The van der Waals surface area contributed by atoms with Crippen molar-refractivity contribution in [3.63, 3.8) is 0 Å². The molecule has 1 N–H and O–H groups in total. The lowest BCUT2D eigenvalue weighted by atomic mass is 9.89. The second-order valence-corrected chi connectivity index (χ2v) is 5.94. The van der Waals surface area contributed by atoms with Gasteiger partial charge in [0, 0.05) is 10.9 Å². The first-order valence-corrected chi connectivity index (χ1v) is 6.98. The molecule has 100 valence electrons. The monoisotopic (exact) mass is 342 g/mol. The Bertz CT molecular complexity index is 598. The van der Waals surface area contributed by atoms with E-state index in [0.29, 0.717) is 12.0 Å². The van der Waals surface area contributed by atoms with Crippen LogP contribution in [0.2, 0.25) is 5.02 Å². The Morgan fingerprint density at radius 3 is 2.58 bits per heavy atom. The summed E-state index contributed by atoms with van der Waals surface area (Å²) in [7, 11) is 0. The van der Waals surface area contributed by atoms with Gasteiger partial charge in [0.15, 0.2) is 0 Å². The SMILES string of the molecule is CC(O)(Cc1ccc(Cl)c(F)c1)c1ccccc1Br. The lowest BCUT2D eigenvalue weighted by Gasteiger charge is -2.25. The maximum atomic E-state index is 13.4. The van der Waals surface area contributed by atoms with Gasteiger partial charge in [0.1, 0.15) is 5.82 Å². The summed E-state index contributed by atoms with van der Waals surface area (Å²) in [5.74, 6) is -0.470. The maximum absolute atomic E-state index is 13.4. The fourth-order valence-corrected chi connectivity index (χ4v) is 2.87. The zero-order valence-electron chi connectivity index (χ0n) is 10.3. The average molecular weight is 344 g/mol. The van der Waals surface area contributed by atoms with Crippen molar-refractivity contribution in [1.82, 2.24) is 0 Å². The first-order chi connectivity index (χ1) is 8.90. The topological polar surface area (TPSA) is 20.2 Å². The second-order valence-electron chi connectivity index (χ2n) is 4.68. The highest BCUT2D eigenvalue weighted by Crippen LogP contribution is 2.31. The number of hydrogen-bond donors (Lipinski definition) is 1. The van der Waals surface area contributed by atoms with Crippen LogP contribution < -0.4 is 0 Å². The summed E-state index contributed by atoms with van der Waals surface area (Å²) in [5, 5.41) is 10.7. The minimum Gasteiger partial charge on any atom is -0.385 e. The zero-order valence-corrected chi connectivity index (χ0v) is 12.7. The lowest BCUT2D eigenvalue weighted by Crippen LogP contribution is -2.24. The van der Waals surface area contributed by atoms with E-state index in [0.717, 1.165) is 10.0 Å². The van der Waals surface area contributed by atoms with Crippen molar-refractivity contribution in [2.24, 2.45) is 0 Å². The Hall–Kier alpha value is -0.900. The molecule has 0 saturated carbocycles. The second kappa shape index (κ2) is 5.61. The summed E-state index contributed by atoms with van der Waals surface area (Å²) >= 11 is 9.07. The molecule has 0 aliphatic carbocycles. The van der Waals surface area contributed by atoms with Crippen molar-refractivity contribution in [1.29, 1.82) is 0 Å². The van der Waals surface area contributed by atoms with Crippen molar-refractivity contribution in [3.8, 4) is 0 Å². The van der Waals surface area contributed by atoms with Crippen LogP contribution >= 0.6 is 27.5 Å². The van der Waals surface area contributed by atoms with Crippen LogP contribution in [0.4, 0.5) is 4.39 Å². The zero-order chi connectivity index (χ0) is 14.0. The summed E-state index contributed by atoms with van der Waals surface area (Å²) < 4.78 is 14.2. The van der Waals surface area contributed by atoms with Crippen molar-refractivity contribution in [2.45, 2.75) is 18.9 Å². The number of hydrogen-bond acceptors (Lipinski definition) is 1. The molecule has 2 rings (SSSR count). The third-order valence-electron chi connectivity index (χ3n) is 2.99. The van der Waals surface area contributed by atoms with E-state index in [-0.39, 0.29) is 5.02 Å². The average Bonchev–Trinajstić information content (AvgIpc) is 2.34. The van der Waals surface area contributed by atoms with Gasteiger partial charge in [0.2, 0.25) is 0 Å². The highest BCUT2D eigenvalue weighted by Gasteiger charge is 2.25. The van der Waals surface area contributed by atoms with E-state index in [1.54, 1.807) is 13.0 Å². The maximum Gasteiger partial charge on any atom is 0.142 e. The minimum absolute atomic E-state index is 0.0873. The molecular formula is C15H13BrClFO. The van der Waals surface area contributed by atoms with Gasteiger partial charge in [0.05, 0.1) is 10.6 Å². The third kappa shape index (κ3) is 3.35. The van der Waals surface area contributed by atoms with Crippen LogP contribution in [-0.4, -0.2) is 5.11 Å². The van der Waals surface area contributed by atoms with Crippen molar-refractivity contribution in [3.05, 3.63) is 68.9 Å².